The molecule has 0 amide bonds. The normalized spacial score (nSPS) is 25.2. The standard InChI is InChI=1S/C6H11O2P.C6H10O/c1-6(2)3-4-7-9-8-5-6;7-6-4-2-1-3-5-6/h3-4,9H,5H2,1-2H3;1-5H2. The van der Waals surface area contributed by atoms with Crippen LogP contribution in [0.2, 0.25) is 0 Å². The topological polar surface area (TPSA) is 35.5 Å². The van der Waals surface area contributed by atoms with Gasteiger partial charge in [-0.3, -0.25) is 4.79 Å². The molecule has 0 saturated heterocycles. The molecule has 1 heterocycles. The minimum atomic E-state index is 0.142. The second-order valence-corrected chi connectivity index (χ2v) is 5.57. The minimum Gasteiger partial charge on any atom is -0.458 e. The first-order valence-corrected chi connectivity index (χ1v) is 6.64. The van der Waals surface area contributed by atoms with Gasteiger partial charge >= 0.3 is 0 Å². The summed E-state index contributed by atoms with van der Waals surface area (Å²) in [4.78, 5) is 10.5. The van der Waals surface area contributed by atoms with E-state index in [0.29, 0.717) is 5.78 Å². The highest BCUT2D eigenvalue weighted by atomic mass is 31.1. The Kier molecular flexibility index (Phi) is 6.00. The number of hydrogen-bond donors (Lipinski definition) is 0. The average molecular weight is 244 g/mol. The van der Waals surface area contributed by atoms with E-state index < -0.39 is 0 Å². The van der Waals surface area contributed by atoms with Crippen LogP contribution in [0.15, 0.2) is 12.3 Å². The quantitative estimate of drug-likeness (QED) is 0.611. The van der Waals surface area contributed by atoms with Gasteiger partial charge in [-0.1, -0.05) is 20.3 Å². The molecule has 1 unspecified atom stereocenters. The third-order valence-electron chi connectivity index (χ3n) is 2.55. The molecule has 0 aromatic rings. The van der Waals surface area contributed by atoms with Crippen molar-refractivity contribution in [3.05, 3.63) is 12.3 Å². The first-order chi connectivity index (χ1) is 7.60. The van der Waals surface area contributed by atoms with Crippen LogP contribution in [-0.2, 0) is 13.8 Å². The summed E-state index contributed by atoms with van der Waals surface area (Å²) in [5.41, 5.74) is 0.142. The van der Waals surface area contributed by atoms with Gasteiger partial charge in [0.15, 0.2) is 0 Å². The zero-order valence-corrected chi connectivity index (χ0v) is 11.1. The Balaban J connectivity index is 0.000000165. The molecule has 3 nitrogen and oxygen atoms in total. The van der Waals surface area contributed by atoms with Crippen LogP contribution < -0.4 is 0 Å². The first-order valence-electron chi connectivity index (χ1n) is 5.82. The van der Waals surface area contributed by atoms with Crippen molar-refractivity contribution in [2.75, 3.05) is 6.61 Å². The van der Waals surface area contributed by atoms with E-state index >= 15 is 0 Å². The van der Waals surface area contributed by atoms with Crippen molar-refractivity contribution in [3.63, 3.8) is 0 Å². The Hall–Kier alpha value is -0.400. The molecule has 0 radical (unpaired) electrons. The summed E-state index contributed by atoms with van der Waals surface area (Å²) in [6.07, 6.45) is 8.97. The summed E-state index contributed by atoms with van der Waals surface area (Å²) in [7, 11) is 0.175. The van der Waals surface area contributed by atoms with Gasteiger partial charge in [-0.25, -0.2) is 0 Å². The monoisotopic (exact) mass is 244 g/mol. The Labute approximate surface area is 99.5 Å². The summed E-state index contributed by atoms with van der Waals surface area (Å²) >= 11 is 0. The largest absolute Gasteiger partial charge is 0.458 e. The summed E-state index contributed by atoms with van der Waals surface area (Å²) in [6, 6.07) is 0. The van der Waals surface area contributed by atoms with Crippen molar-refractivity contribution >= 4 is 14.8 Å². The van der Waals surface area contributed by atoms with Crippen LogP contribution >= 0.6 is 9.03 Å². The molecule has 0 N–H and O–H groups in total. The highest BCUT2D eigenvalue weighted by Gasteiger charge is 2.16. The molecule has 2 aliphatic rings. The minimum absolute atomic E-state index is 0.142. The fourth-order valence-corrected chi connectivity index (χ4v) is 2.11. The molecule has 1 fully saturated rings. The van der Waals surface area contributed by atoms with Crippen LogP contribution in [0.25, 0.3) is 0 Å². The first kappa shape index (κ1) is 13.7. The number of rotatable bonds is 0. The highest BCUT2D eigenvalue weighted by molar-refractivity contribution is 7.26. The van der Waals surface area contributed by atoms with Gasteiger partial charge in [0.05, 0.1) is 12.9 Å². The van der Waals surface area contributed by atoms with E-state index in [2.05, 4.69) is 13.8 Å². The average Bonchev–Trinajstić information content (AvgIpc) is 2.44. The Bertz CT molecular complexity index is 241. The summed E-state index contributed by atoms with van der Waals surface area (Å²) in [6.45, 7) is 4.98. The van der Waals surface area contributed by atoms with Gasteiger partial charge < -0.3 is 9.05 Å². The van der Waals surface area contributed by atoms with Crippen molar-refractivity contribution in [1.29, 1.82) is 0 Å². The van der Waals surface area contributed by atoms with Gasteiger partial charge in [0.1, 0.15) is 5.78 Å². The smallest absolute Gasteiger partial charge is 0.214 e. The van der Waals surface area contributed by atoms with E-state index in [1.807, 2.05) is 6.08 Å². The second kappa shape index (κ2) is 7.03. The number of carbonyl (C=O) groups is 1. The summed E-state index contributed by atoms with van der Waals surface area (Å²) in [5, 5.41) is 0. The van der Waals surface area contributed by atoms with E-state index in [-0.39, 0.29) is 14.4 Å². The molecular weight excluding hydrogens is 223 g/mol. The molecular formula is C12H21O3P. The van der Waals surface area contributed by atoms with Crippen LogP contribution in [0.5, 0.6) is 0 Å². The van der Waals surface area contributed by atoms with Gasteiger partial charge in [0.25, 0.3) is 0 Å². The van der Waals surface area contributed by atoms with Gasteiger partial charge in [0, 0.05) is 18.3 Å². The highest BCUT2D eigenvalue weighted by Crippen LogP contribution is 2.27. The molecule has 0 bridgehead atoms. The van der Waals surface area contributed by atoms with Crippen molar-refractivity contribution in [1.82, 2.24) is 0 Å². The van der Waals surface area contributed by atoms with Gasteiger partial charge in [0.2, 0.25) is 9.03 Å². The maximum absolute atomic E-state index is 10.5. The van der Waals surface area contributed by atoms with Gasteiger partial charge in [-0.15, -0.1) is 0 Å². The van der Waals surface area contributed by atoms with Crippen LogP contribution in [0, 0.1) is 5.41 Å². The van der Waals surface area contributed by atoms with Crippen LogP contribution in [0.1, 0.15) is 46.0 Å². The van der Waals surface area contributed by atoms with E-state index in [1.54, 1.807) is 6.26 Å². The lowest BCUT2D eigenvalue weighted by Gasteiger charge is -2.15. The van der Waals surface area contributed by atoms with Crippen molar-refractivity contribution in [2.24, 2.45) is 5.41 Å². The lowest BCUT2D eigenvalue weighted by Crippen LogP contribution is -2.12. The predicted octanol–water partition coefficient (Wildman–Crippen LogP) is 3.60. The van der Waals surface area contributed by atoms with E-state index in [1.165, 1.54) is 6.42 Å². The molecule has 92 valence electrons. The Morgan fingerprint density at radius 3 is 2.50 bits per heavy atom. The second-order valence-electron chi connectivity index (χ2n) is 4.88. The Morgan fingerprint density at radius 1 is 1.25 bits per heavy atom. The van der Waals surface area contributed by atoms with Crippen LogP contribution in [0.4, 0.5) is 0 Å². The summed E-state index contributed by atoms with van der Waals surface area (Å²) in [5.74, 6) is 0.464. The molecule has 1 aliphatic heterocycles. The fraction of sp³-hybridized carbons (Fsp3) is 0.750. The maximum Gasteiger partial charge on any atom is 0.214 e. The number of carbonyl (C=O) groups excluding carboxylic acids is 1. The zero-order chi connectivity index (χ0) is 11.9. The molecule has 0 aromatic heterocycles. The molecule has 4 heteroatoms. The number of ketones is 1. The molecule has 16 heavy (non-hydrogen) atoms. The molecule has 1 saturated carbocycles. The molecule has 2 rings (SSSR count). The molecule has 0 aromatic carbocycles. The fourth-order valence-electron chi connectivity index (χ4n) is 1.49. The Morgan fingerprint density at radius 2 is 1.94 bits per heavy atom. The SMILES string of the molecule is CC1(C)C=COPOC1.O=C1CCCCC1. The third kappa shape index (κ3) is 6.24. The van der Waals surface area contributed by atoms with E-state index in [9.17, 15) is 4.79 Å². The zero-order valence-electron chi connectivity index (χ0n) is 10.1. The van der Waals surface area contributed by atoms with Crippen molar-refractivity contribution < 1.29 is 13.8 Å². The predicted molar refractivity (Wildman–Crippen MR) is 66.4 cm³/mol. The molecule has 0 spiro atoms. The van der Waals surface area contributed by atoms with Crippen LogP contribution in [0.3, 0.4) is 0 Å². The maximum atomic E-state index is 10.5. The molecule has 1 aliphatic carbocycles. The lowest BCUT2D eigenvalue weighted by molar-refractivity contribution is -0.120. The van der Waals surface area contributed by atoms with Crippen molar-refractivity contribution in [3.8, 4) is 0 Å². The number of hydrogen-bond acceptors (Lipinski definition) is 3. The van der Waals surface area contributed by atoms with Crippen molar-refractivity contribution in [2.45, 2.75) is 46.0 Å². The third-order valence-corrected chi connectivity index (χ3v) is 3.04. The molecule has 1 atom stereocenters. The lowest BCUT2D eigenvalue weighted by atomic mass is 9.95. The van der Waals surface area contributed by atoms with Crippen LogP contribution in [-0.4, -0.2) is 12.4 Å². The van der Waals surface area contributed by atoms with Gasteiger partial charge in [-0.2, -0.15) is 0 Å². The van der Waals surface area contributed by atoms with E-state index in [4.69, 9.17) is 9.05 Å². The van der Waals surface area contributed by atoms with Gasteiger partial charge in [-0.05, 0) is 18.9 Å². The summed E-state index contributed by atoms with van der Waals surface area (Å²) < 4.78 is 10.1. The van der Waals surface area contributed by atoms with E-state index in [0.717, 1.165) is 32.3 Å². The number of Topliss-reactive ketones (excluding diaryl/α,β-unsaturated/α-hetero) is 1.